The molecule has 1 aromatic carbocycles. The minimum Gasteiger partial charge on any atom is -0.481 e. The van der Waals surface area contributed by atoms with Gasteiger partial charge >= 0.3 is 12.1 Å². The molecule has 2 unspecified atom stereocenters. The molecule has 0 aromatic heterocycles. The highest BCUT2D eigenvalue weighted by molar-refractivity contribution is 5.81. The first-order valence-corrected chi connectivity index (χ1v) is 8.21. The molecule has 2 atom stereocenters. The molecule has 1 aliphatic heterocycles. The van der Waals surface area contributed by atoms with Gasteiger partial charge in [-0.1, -0.05) is 19.1 Å². The SMILES string of the molecule is CC(Cc1ccc(C(F)(F)F)cc1)C(=O)N1CCCC(C)(C(=O)O)C1. The summed E-state index contributed by atoms with van der Waals surface area (Å²) in [5, 5.41) is 9.33. The predicted octanol–water partition coefficient (Wildman–Crippen LogP) is 3.60. The van der Waals surface area contributed by atoms with Crippen molar-refractivity contribution >= 4 is 11.9 Å². The van der Waals surface area contributed by atoms with Crippen LogP contribution in [0, 0.1) is 11.3 Å². The van der Waals surface area contributed by atoms with Gasteiger partial charge in [-0.05, 0) is 43.9 Å². The highest BCUT2D eigenvalue weighted by atomic mass is 19.4. The van der Waals surface area contributed by atoms with Crippen molar-refractivity contribution in [2.45, 2.75) is 39.3 Å². The van der Waals surface area contributed by atoms with Crippen molar-refractivity contribution in [3.8, 4) is 0 Å². The van der Waals surface area contributed by atoms with E-state index in [2.05, 4.69) is 0 Å². The lowest BCUT2D eigenvalue weighted by atomic mass is 9.81. The summed E-state index contributed by atoms with van der Waals surface area (Å²) in [5.74, 6) is -1.50. The van der Waals surface area contributed by atoms with Gasteiger partial charge in [-0.25, -0.2) is 0 Å². The van der Waals surface area contributed by atoms with Crippen molar-refractivity contribution < 1.29 is 27.9 Å². The van der Waals surface area contributed by atoms with Gasteiger partial charge in [0.25, 0.3) is 0 Å². The second-order valence-corrected chi connectivity index (χ2v) is 7.03. The number of nitrogens with zero attached hydrogens (tertiary/aromatic N) is 1. The molecule has 0 spiro atoms. The number of halogens is 3. The lowest BCUT2D eigenvalue weighted by molar-refractivity contribution is -0.154. The maximum atomic E-state index is 12.6. The average Bonchev–Trinajstić information content (AvgIpc) is 2.53. The zero-order valence-electron chi connectivity index (χ0n) is 14.3. The molecule has 0 bridgehead atoms. The number of aliphatic carboxylic acids is 1. The number of likely N-dealkylation sites (tertiary alicyclic amines) is 1. The molecule has 1 fully saturated rings. The molecule has 1 aliphatic rings. The first kappa shape index (κ1) is 19.3. The van der Waals surface area contributed by atoms with E-state index in [-0.39, 0.29) is 12.5 Å². The summed E-state index contributed by atoms with van der Waals surface area (Å²) in [4.78, 5) is 25.5. The molecule has 1 heterocycles. The molecule has 0 aliphatic carbocycles. The highest BCUT2D eigenvalue weighted by Crippen LogP contribution is 2.31. The summed E-state index contributed by atoms with van der Waals surface area (Å²) in [6, 6.07) is 4.78. The summed E-state index contributed by atoms with van der Waals surface area (Å²) in [5.41, 5.74) is -1.02. The molecule has 4 nitrogen and oxygen atoms in total. The fourth-order valence-electron chi connectivity index (χ4n) is 3.18. The van der Waals surface area contributed by atoms with Gasteiger partial charge in [-0.3, -0.25) is 9.59 Å². The van der Waals surface area contributed by atoms with E-state index in [1.807, 2.05) is 0 Å². The number of hydrogen-bond acceptors (Lipinski definition) is 2. The molecular formula is C18H22F3NO3. The van der Waals surface area contributed by atoms with Gasteiger partial charge in [-0.15, -0.1) is 0 Å². The maximum Gasteiger partial charge on any atom is 0.416 e. The number of alkyl halides is 3. The number of hydrogen-bond donors (Lipinski definition) is 1. The lowest BCUT2D eigenvalue weighted by Crippen LogP contribution is -2.50. The van der Waals surface area contributed by atoms with Crippen LogP contribution >= 0.6 is 0 Å². The molecule has 138 valence electrons. The van der Waals surface area contributed by atoms with E-state index < -0.39 is 29.0 Å². The number of rotatable bonds is 4. The van der Waals surface area contributed by atoms with Crippen LogP contribution in [-0.4, -0.2) is 35.0 Å². The van der Waals surface area contributed by atoms with Crippen molar-refractivity contribution in [2.24, 2.45) is 11.3 Å². The Balaban J connectivity index is 2.01. The van der Waals surface area contributed by atoms with E-state index in [0.29, 0.717) is 31.4 Å². The fraction of sp³-hybridized carbons (Fsp3) is 0.556. The van der Waals surface area contributed by atoms with Crippen LogP contribution in [0.3, 0.4) is 0 Å². The van der Waals surface area contributed by atoms with Gasteiger partial charge in [0.2, 0.25) is 5.91 Å². The van der Waals surface area contributed by atoms with Crippen molar-refractivity contribution in [1.82, 2.24) is 4.90 Å². The Labute approximate surface area is 144 Å². The minimum absolute atomic E-state index is 0.160. The Morgan fingerprint density at radius 3 is 2.40 bits per heavy atom. The largest absolute Gasteiger partial charge is 0.481 e. The number of benzene rings is 1. The number of carboxylic acids is 1. The second-order valence-electron chi connectivity index (χ2n) is 7.03. The molecule has 0 saturated carbocycles. The lowest BCUT2D eigenvalue weighted by Gasteiger charge is -2.38. The first-order valence-electron chi connectivity index (χ1n) is 8.21. The van der Waals surface area contributed by atoms with Crippen LogP contribution in [0.2, 0.25) is 0 Å². The van der Waals surface area contributed by atoms with Crippen molar-refractivity contribution in [3.63, 3.8) is 0 Å². The molecule has 7 heteroatoms. The van der Waals surface area contributed by atoms with E-state index in [0.717, 1.165) is 12.1 Å². The van der Waals surface area contributed by atoms with Crippen LogP contribution in [0.25, 0.3) is 0 Å². The molecule has 1 aromatic rings. The highest BCUT2D eigenvalue weighted by Gasteiger charge is 2.40. The number of carboxylic acid groups (broad SMARTS) is 1. The van der Waals surface area contributed by atoms with Gasteiger partial charge in [0.05, 0.1) is 11.0 Å². The molecular weight excluding hydrogens is 335 g/mol. The van der Waals surface area contributed by atoms with Crippen LogP contribution in [0.4, 0.5) is 13.2 Å². The summed E-state index contributed by atoms with van der Waals surface area (Å²) >= 11 is 0. The Morgan fingerprint density at radius 1 is 1.28 bits per heavy atom. The van der Waals surface area contributed by atoms with Crippen molar-refractivity contribution in [3.05, 3.63) is 35.4 Å². The normalized spacial score (nSPS) is 22.5. The molecule has 1 amide bonds. The van der Waals surface area contributed by atoms with Crippen LogP contribution in [0.5, 0.6) is 0 Å². The Morgan fingerprint density at radius 2 is 1.88 bits per heavy atom. The standard InChI is InChI=1S/C18H22F3NO3/c1-12(10-13-4-6-14(7-5-13)18(19,20)21)15(23)22-9-3-8-17(2,11-22)16(24)25/h4-7,12H,3,8-11H2,1-2H3,(H,24,25). The number of carbonyl (C=O) groups excluding carboxylic acids is 1. The van der Waals surface area contributed by atoms with Gasteiger partial charge in [0, 0.05) is 19.0 Å². The third-order valence-corrected chi connectivity index (χ3v) is 4.77. The third-order valence-electron chi connectivity index (χ3n) is 4.77. The molecule has 1 saturated heterocycles. The Bertz CT molecular complexity index is 642. The first-order chi connectivity index (χ1) is 11.5. The maximum absolute atomic E-state index is 12.6. The van der Waals surface area contributed by atoms with E-state index in [1.54, 1.807) is 18.7 Å². The Kier molecular flexibility index (Phi) is 5.44. The average molecular weight is 357 g/mol. The zero-order valence-corrected chi connectivity index (χ0v) is 14.3. The van der Waals surface area contributed by atoms with Gasteiger partial charge in [0.1, 0.15) is 0 Å². The Hall–Kier alpha value is -2.05. The van der Waals surface area contributed by atoms with Gasteiger partial charge < -0.3 is 10.0 Å². The van der Waals surface area contributed by atoms with E-state index >= 15 is 0 Å². The smallest absolute Gasteiger partial charge is 0.416 e. The van der Waals surface area contributed by atoms with Crippen LogP contribution in [-0.2, 0) is 22.2 Å². The number of carbonyl (C=O) groups is 2. The summed E-state index contributed by atoms with van der Waals surface area (Å²) in [7, 11) is 0. The monoisotopic (exact) mass is 357 g/mol. The topological polar surface area (TPSA) is 57.6 Å². The van der Waals surface area contributed by atoms with E-state index in [9.17, 15) is 27.9 Å². The quantitative estimate of drug-likeness (QED) is 0.896. The fourth-order valence-corrected chi connectivity index (χ4v) is 3.18. The van der Waals surface area contributed by atoms with Crippen molar-refractivity contribution in [2.75, 3.05) is 13.1 Å². The molecule has 25 heavy (non-hydrogen) atoms. The van der Waals surface area contributed by atoms with Crippen LogP contribution in [0.1, 0.15) is 37.8 Å². The van der Waals surface area contributed by atoms with Gasteiger partial charge in [0.15, 0.2) is 0 Å². The zero-order chi connectivity index (χ0) is 18.8. The van der Waals surface area contributed by atoms with E-state index in [1.165, 1.54) is 12.1 Å². The van der Waals surface area contributed by atoms with Crippen molar-refractivity contribution in [1.29, 1.82) is 0 Å². The number of piperidine rings is 1. The third kappa shape index (κ3) is 4.52. The minimum atomic E-state index is -4.38. The number of amides is 1. The predicted molar refractivity (Wildman–Crippen MR) is 85.9 cm³/mol. The molecule has 0 radical (unpaired) electrons. The summed E-state index contributed by atoms with van der Waals surface area (Å²) < 4.78 is 37.7. The molecule has 2 rings (SSSR count). The van der Waals surface area contributed by atoms with Crippen LogP contribution in [0.15, 0.2) is 24.3 Å². The molecule has 1 N–H and O–H groups in total. The van der Waals surface area contributed by atoms with Gasteiger partial charge in [-0.2, -0.15) is 13.2 Å². The van der Waals surface area contributed by atoms with Crippen LogP contribution < -0.4 is 0 Å². The van der Waals surface area contributed by atoms with E-state index in [4.69, 9.17) is 0 Å². The summed E-state index contributed by atoms with van der Waals surface area (Å²) in [6.45, 7) is 4.03. The summed E-state index contributed by atoms with van der Waals surface area (Å²) in [6.07, 6.45) is -2.91. The second kappa shape index (κ2) is 7.06.